The molecule has 0 bridgehead atoms. The highest BCUT2D eigenvalue weighted by Crippen LogP contribution is 2.27. The molecule has 1 aromatic rings. The van der Waals surface area contributed by atoms with Crippen molar-refractivity contribution < 1.29 is 23.9 Å². The minimum absolute atomic E-state index is 0.0133. The molecule has 9 nitrogen and oxygen atoms in total. The summed E-state index contributed by atoms with van der Waals surface area (Å²) in [6.45, 7) is 6.95. The van der Waals surface area contributed by atoms with Gasteiger partial charge in [-0.1, -0.05) is 26.7 Å². The van der Waals surface area contributed by atoms with Gasteiger partial charge >= 0.3 is 6.03 Å². The fourth-order valence-corrected chi connectivity index (χ4v) is 4.83. The summed E-state index contributed by atoms with van der Waals surface area (Å²) in [5, 5.41) is 5.85. The zero-order chi connectivity index (χ0) is 25.5. The van der Waals surface area contributed by atoms with E-state index < -0.39 is 0 Å². The zero-order valence-electron chi connectivity index (χ0n) is 21.6. The van der Waals surface area contributed by atoms with Crippen molar-refractivity contribution in [3.63, 3.8) is 0 Å². The van der Waals surface area contributed by atoms with Gasteiger partial charge in [0.05, 0.1) is 17.7 Å². The van der Waals surface area contributed by atoms with Gasteiger partial charge in [-0.2, -0.15) is 0 Å². The van der Waals surface area contributed by atoms with Crippen molar-refractivity contribution in [3.8, 4) is 5.75 Å². The molecule has 1 aliphatic heterocycles. The quantitative estimate of drug-likeness (QED) is 0.676. The van der Waals surface area contributed by atoms with Crippen LogP contribution in [-0.4, -0.2) is 79.7 Å². The molecule has 3 atom stereocenters. The van der Waals surface area contributed by atoms with E-state index in [1.807, 2.05) is 25.7 Å². The summed E-state index contributed by atoms with van der Waals surface area (Å²) in [5.74, 6) is 0.266. The van der Waals surface area contributed by atoms with Gasteiger partial charge in [-0.25, -0.2) is 4.79 Å². The Morgan fingerprint density at radius 1 is 1.17 bits per heavy atom. The normalized spacial score (nSPS) is 24.1. The number of hydrogen-bond acceptors (Lipinski definition) is 5. The molecule has 0 radical (unpaired) electrons. The second-order valence-corrected chi connectivity index (χ2v) is 9.79. The molecule has 0 aromatic heterocycles. The number of likely N-dealkylation sites (N-methyl/N-ethyl adjacent to an activating group) is 1. The second kappa shape index (κ2) is 12.2. The van der Waals surface area contributed by atoms with E-state index in [4.69, 9.17) is 9.47 Å². The molecule has 35 heavy (non-hydrogen) atoms. The third-order valence-electron chi connectivity index (χ3n) is 7.02. The van der Waals surface area contributed by atoms with Crippen molar-refractivity contribution in [3.05, 3.63) is 23.8 Å². The Balaban J connectivity index is 1.87. The minimum atomic E-state index is -0.276. The lowest BCUT2D eigenvalue weighted by Crippen LogP contribution is -2.48. The topological polar surface area (TPSA) is 100 Å². The molecular formula is C26H40N4O5. The maximum Gasteiger partial charge on any atom is 0.319 e. The molecule has 2 N–H and O–H groups in total. The van der Waals surface area contributed by atoms with Crippen molar-refractivity contribution in [2.45, 2.75) is 71.1 Å². The summed E-state index contributed by atoms with van der Waals surface area (Å²) in [6, 6.07) is 4.82. The molecular weight excluding hydrogens is 448 g/mol. The Bertz CT molecular complexity index is 902. The standard InChI is InChI=1S/C26H40N4O5/c1-6-24(31)30-14-17(2)23(34-5)15-29(4)25(32)21-13-20(11-12-22(21)35-16-18(30)3)28-26(33)27-19-9-7-8-10-19/h11-13,17-19,23H,6-10,14-16H2,1-5H3,(H2,27,28,33)/t17-,18+,23+/m1/s1. The molecule has 0 saturated heterocycles. The number of ether oxygens (including phenoxy) is 2. The van der Waals surface area contributed by atoms with Gasteiger partial charge in [0.15, 0.2) is 0 Å². The number of hydrogen-bond donors (Lipinski definition) is 2. The Labute approximate surface area is 208 Å². The molecule has 9 heteroatoms. The third kappa shape index (κ3) is 6.87. The van der Waals surface area contributed by atoms with E-state index in [2.05, 4.69) is 10.6 Å². The van der Waals surface area contributed by atoms with Gasteiger partial charge in [0, 0.05) is 51.3 Å². The van der Waals surface area contributed by atoms with E-state index in [9.17, 15) is 14.4 Å². The van der Waals surface area contributed by atoms with Crippen LogP contribution in [0.4, 0.5) is 10.5 Å². The molecule has 1 aliphatic carbocycles. The van der Waals surface area contributed by atoms with Crippen LogP contribution in [0.2, 0.25) is 0 Å². The van der Waals surface area contributed by atoms with Crippen molar-refractivity contribution in [1.29, 1.82) is 0 Å². The predicted octanol–water partition coefficient (Wildman–Crippen LogP) is 3.49. The van der Waals surface area contributed by atoms with Crippen LogP contribution < -0.4 is 15.4 Å². The van der Waals surface area contributed by atoms with E-state index in [1.54, 1.807) is 37.3 Å². The first-order chi connectivity index (χ1) is 16.7. The highest BCUT2D eigenvalue weighted by atomic mass is 16.5. The highest BCUT2D eigenvalue weighted by molar-refractivity contribution is 5.99. The number of carbonyl (C=O) groups excluding carboxylic acids is 3. The van der Waals surface area contributed by atoms with Crippen LogP contribution in [0.25, 0.3) is 0 Å². The second-order valence-electron chi connectivity index (χ2n) is 9.79. The van der Waals surface area contributed by atoms with Gasteiger partial charge in [-0.3, -0.25) is 9.59 Å². The van der Waals surface area contributed by atoms with E-state index in [0.717, 1.165) is 25.7 Å². The van der Waals surface area contributed by atoms with Crippen LogP contribution in [0.15, 0.2) is 18.2 Å². The minimum Gasteiger partial charge on any atom is -0.491 e. The monoisotopic (exact) mass is 488 g/mol. The first kappa shape index (κ1) is 26.8. The molecule has 3 rings (SSSR count). The number of methoxy groups -OCH3 is 1. The van der Waals surface area contributed by atoms with E-state index in [0.29, 0.717) is 36.5 Å². The number of benzene rings is 1. The molecule has 194 valence electrons. The highest BCUT2D eigenvalue weighted by Gasteiger charge is 2.30. The van der Waals surface area contributed by atoms with Gasteiger partial charge in [-0.05, 0) is 38.0 Å². The largest absolute Gasteiger partial charge is 0.491 e. The Kier molecular flexibility index (Phi) is 9.37. The number of nitrogens with one attached hydrogen (secondary N) is 2. The number of carbonyl (C=O) groups is 3. The number of urea groups is 1. The van der Waals surface area contributed by atoms with Gasteiger partial charge < -0.3 is 29.9 Å². The van der Waals surface area contributed by atoms with Crippen LogP contribution in [0.1, 0.15) is 63.2 Å². The smallest absolute Gasteiger partial charge is 0.319 e. The molecule has 1 heterocycles. The third-order valence-corrected chi connectivity index (χ3v) is 7.02. The number of amides is 4. The van der Waals surface area contributed by atoms with Crippen molar-refractivity contribution >= 4 is 23.5 Å². The van der Waals surface area contributed by atoms with Crippen molar-refractivity contribution in [1.82, 2.24) is 15.1 Å². The molecule has 1 aromatic carbocycles. The summed E-state index contributed by atoms with van der Waals surface area (Å²) < 4.78 is 11.8. The first-order valence-corrected chi connectivity index (χ1v) is 12.7. The fourth-order valence-electron chi connectivity index (χ4n) is 4.83. The summed E-state index contributed by atoms with van der Waals surface area (Å²) in [5.41, 5.74) is 0.874. The maximum absolute atomic E-state index is 13.4. The Morgan fingerprint density at radius 2 is 1.89 bits per heavy atom. The molecule has 0 unspecified atom stereocenters. The van der Waals surface area contributed by atoms with Crippen LogP contribution in [0.3, 0.4) is 0 Å². The SMILES string of the molecule is CCC(=O)N1C[C@@H](C)[C@@H](OC)CN(C)C(=O)c2cc(NC(=O)NC3CCCC3)ccc2OC[C@@H]1C. The van der Waals surface area contributed by atoms with Gasteiger partial charge in [0.2, 0.25) is 5.91 Å². The Hall–Kier alpha value is -2.81. The average Bonchev–Trinajstić information content (AvgIpc) is 3.35. The van der Waals surface area contributed by atoms with E-state index in [1.165, 1.54) is 0 Å². The van der Waals surface area contributed by atoms with E-state index in [-0.39, 0.29) is 48.6 Å². The molecule has 0 spiro atoms. The van der Waals surface area contributed by atoms with Gasteiger partial charge in [0.25, 0.3) is 5.91 Å². The summed E-state index contributed by atoms with van der Waals surface area (Å²) in [4.78, 5) is 42.0. The first-order valence-electron chi connectivity index (χ1n) is 12.7. The van der Waals surface area contributed by atoms with Crippen LogP contribution >= 0.6 is 0 Å². The number of anilines is 1. The number of nitrogens with zero attached hydrogens (tertiary/aromatic N) is 2. The van der Waals surface area contributed by atoms with Gasteiger partial charge in [0.1, 0.15) is 12.4 Å². The van der Waals surface area contributed by atoms with Crippen LogP contribution in [0.5, 0.6) is 5.75 Å². The Morgan fingerprint density at radius 3 is 2.54 bits per heavy atom. The summed E-state index contributed by atoms with van der Waals surface area (Å²) in [6.07, 6.45) is 4.39. The zero-order valence-corrected chi connectivity index (χ0v) is 21.6. The lowest BCUT2D eigenvalue weighted by Gasteiger charge is -2.36. The molecule has 4 amide bonds. The molecule has 1 fully saturated rings. The van der Waals surface area contributed by atoms with Crippen LogP contribution in [0, 0.1) is 5.92 Å². The van der Waals surface area contributed by atoms with E-state index >= 15 is 0 Å². The summed E-state index contributed by atoms with van der Waals surface area (Å²) in [7, 11) is 3.35. The van der Waals surface area contributed by atoms with Crippen LogP contribution in [-0.2, 0) is 9.53 Å². The van der Waals surface area contributed by atoms with Crippen molar-refractivity contribution in [2.24, 2.45) is 5.92 Å². The number of fused-ring (bicyclic) bond motifs is 1. The summed E-state index contributed by atoms with van der Waals surface area (Å²) >= 11 is 0. The lowest BCUT2D eigenvalue weighted by molar-refractivity contribution is -0.135. The molecule has 1 saturated carbocycles. The van der Waals surface area contributed by atoms with Crippen molar-refractivity contribution in [2.75, 3.05) is 39.2 Å². The fraction of sp³-hybridized carbons (Fsp3) is 0.654. The molecule has 2 aliphatic rings. The average molecular weight is 489 g/mol. The van der Waals surface area contributed by atoms with Gasteiger partial charge in [-0.15, -0.1) is 0 Å². The predicted molar refractivity (Wildman–Crippen MR) is 135 cm³/mol. The lowest BCUT2D eigenvalue weighted by atomic mass is 10.0. The maximum atomic E-state index is 13.4. The number of rotatable bonds is 4.